The van der Waals surface area contributed by atoms with E-state index in [1.807, 2.05) is 6.92 Å². The van der Waals surface area contributed by atoms with Gasteiger partial charge in [-0.3, -0.25) is 4.79 Å². The number of aryl methyl sites for hydroxylation is 1. The van der Waals surface area contributed by atoms with Crippen LogP contribution in [0.4, 0.5) is 15.9 Å². The molecule has 0 saturated heterocycles. The summed E-state index contributed by atoms with van der Waals surface area (Å²) >= 11 is 3.09. The molecule has 2 N–H and O–H groups in total. The quantitative estimate of drug-likeness (QED) is 0.879. The lowest BCUT2D eigenvalue weighted by Crippen LogP contribution is -2.13. The van der Waals surface area contributed by atoms with Crippen LogP contribution in [0.2, 0.25) is 0 Å². The van der Waals surface area contributed by atoms with Gasteiger partial charge in [-0.25, -0.2) is 9.37 Å². The average molecular weight is 352 g/mol. The third-order valence-electron chi connectivity index (χ3n) is 2.94. The van der Waals surface area contributed by atoms with Crippen molar-refractivity contribution in [3.05, 3.63) is 51.9 Å². The Balaban J connectivity index is 2.25. The molecule has 0 atom stereocenters. The lowest BCUT2D eigenvalue weighted by atomic mass is 10.1. The normalized spacial score (nSPS) is 10.3. The molecule has 2 rings (SSSR count). The second kappa shape index (κ2) is 6.67. The molecule has 1 aromatic carbocycles. The van der Waals surface area contributed by atoms with Crippen LogP contribution in [0.5, 0.6) is 0 Å². The van der Waals surface area contributed by atoms with E-state index in [1.165, 1.54) is 18.2 Å². The highest BCUT2D eigenvalue weighted by atomic mass is 79.9. The SMILES string of the molecule is CCc1cc(C(=O)Nc2ccc(F)c(Br)c2)cc(NC)n1. The number of aromatic nitrogens is 1. The number of nitrogens with zero attached hydrogens (tertiary/aromatic N) is 1. The topological polar surface area (TPSA) is 54.0 Å². The second-order valence-corrected chi connectivity index (χ2v) is 5.27. The van der Waals surface area contributed by atoms with Gasteiger partial charge < -0.3 is 10.6 Å². The third-order valence-corrected chi connectivity index (χ3v) is 3.54. The maximum atomic E-state index is 13.2. The van der Waals surface area contributed by atoms with E-state index in [2.05, 4.69) is 31.5 Å². The molecule has 0 saturated carbocycles. The smallest absolute Gasteiger partial charge is 0.255 e. The zero-order chi connectivity index (χ0) is 15.4. The van der Waals surface area contributed by atoms with Crippen LogP contribution in [0.25, 0.3) is 0 Å². The molecular weight excluding hydrogens is 337 g/mol. The molecule has 6 heteroatoms. The van der Waals surface area contributed by atoms with Crippen molar-refractivity contribution in [3.8, 4) is 0 Å². The van der Waals surface area contributed by atoms with Crippen molar-refractivity contribution in [2.45, 2.75) is 13.3 Å². The predicted octanol–water partition coefficient (Wildman–Crippen LogP) is 3.84. The van der Waals surface area contributed by atoms with Gasteiger partial charge in [-0.15, -0.1) is 0 Å². The molecule has 0 bridgehead atoms. The number of benzene rings is 1. The molecule has 0 aliphatic heterocycles. The lowest BCUT2D eigenvalue weighted by molar-refractivity contribution is 0.102. The van der Waals surface area contributed by atoms with Gasteiger partial charge in [0.1, 0.15) is 11.6 Å². The number of halogens is 2. The largest absolute Gasteiger partial charge is 0.373 e. The highest BCUT2D eigenvalue weighted by Gasteiger charge is 2.10. The number of carbonyl (C=O) groups excluding carboxylic acids is 1. The lowest BCUT2D eigenvalue weighted by Gasteiger charge is -2.09. The predicted molar refractivity (Wildman–Crippen MR) is 85.2 cm³/mol. The molecule has 21 heavy (non-hydrogen) atoms. The zero-order valence-electron chi connectivity index (χ0n) is 11.7. The third kappa shape index (κ3) is 3.78. The van der Waals surface area contributed by atoms with Gasteiger partial charge >= 0.3 is 0 Å². The number of anilines is 2. The minimum Gasteiger partial charge on any atom is -0.373 e. The van der Waals surface area contributed by atoms with Crippen molar-refractivity contribution >= 4 is 33.3 Å². The Hall–Kier alpha value is -1.95. The van der Waals surface area contributed by atoms with E-state index in [9.17, 15) is 9.18 Å². The number of nitrogens with one attached hydrogen (secondary N) is 2. The summed E-state index contributed by atoms with van der Waals surface area (Å²) in [6.07, 6.45) is 0.734. The Kier molecular flexibility index (Phi) is 4.90. The van der Waals surface area contributed by atoms with Gasteiger partial charge in [0, 0.05) is 24.0 Å². The van der Waals surface area contributed by atoms with Crippen LogP contribution < -0.4 is 10.6 Å². The Morgan fingerprint density at radius 3 is 2.71 bits per heavy atom. The Bertz CT molecular complexity index is 654. The monoisotopic (exact) mass is 351 g/mol. The molecule has 0 aliphatic rings. The summed E-state index contributed by atoms with van der Waals surface area (Å²) < 4.78 is 13.5. The van der Waals surface area contributed by atoms with E-state index < -0.39 is 0 Å². The van der Waals surface area contributed by atoms with Crippen molar-refractivity contribution in [2.24, 2.45) is 0 Å². The maximum absolute atomic E-state index is 13.2. The minimum atomic E-state index is -0.373. The van der Waals surface area contributed by atoms with E-state index >= 15 is 0 Å². The zero-order valence-corrected chi connectivity index (χ0v) is 13.3. The van der Waals surface area contributed by atoms with Gasteiger partial charge in [0.15, 0.2) is 0 Å². The number of pyridine rings is 1. The molecule has 2 aromatic rings. The van der Waals surface area contributed by atoms with Gasteiger partial charge in [0.2, 0.25) is 0 Å². The number of rotatable bonds is 4. The molecule has 1 amide bonds. The standard InChI is InChI=1S/C15H15BrFN3O/c1-3-10-6-9(7-14(18-2)19-10)15(21)20-11-4-5-13(17)12(16)8-11/h4-8H,3H2,1-2H3,(H,18,19)(H,20,21). The first-order valence-electron chi connectivity index (χ1n) is 6.48. The molecule has 1 aromatic heterocycles. The van der Waals surface area contributed by atoms with Crippen molar-refractivity contribution in [2.75, 3.05) is 17.7 Å². The summed E-state index contributed by atoms with van der Waals surface area (Å²) in [7, 11) is 1.75. The average Bonchev–Trinajstić information content (AvgIpc) is 2.50. The highest BCUT2D eigenvalue weighted by molar-refractivity contribution is 9.10. The number of hydrogen-bond acceptors (Lipinski definition) is 3. The van der Waals surface area contributed by atoms with E-state index in [0.717, 1.165) is 12.1 Å². The maximum Gasteiger partial charge on any atom is 0.255 e. The minimum absolute atomic E-state index is 0.262. The van der Waals surface area contributed by atoms with Crippen molar-refractivity contribution < 1.29 is 9.18 Å². The number of hydrogen-bond donors (Lipinski definition) is 2. The first-order valence-corrected chi connectivity index (χ1v) is 7.28. The molecule has 4 nitrogen and oxygen atoms in total. The highest BCUT2D eigenvalue weighted by Crippen LogP contribution is 2.21. The molecule has 0 spiro atoms. The molecule has 0 radical (unpaired) electrons. The van der Waals surface area contributed by atoms with E-state index in [1.54, 1.807) is 19.2 Å². The summed E-state index contributed by atoms with van der Waals surface area (Å²) in [5.74, 6) is 0.00421. The fourth-order valence-corrected chi connectivity index (χ4v) is 2.18. The summed E-state index contributed by atoms with van der Waals surface area (Å²) in [5.41, 5.74) is 1.85. The Labute approximate surface area is 130 Å². The van der Waals surface area contributed by atoms with E-state index in [0.29, 0.717) is 21.5 Å². The van der Waals surface area contributed by atoms with Crippen LogP contribution in [-0.2, 0) is 6.42 Å². The summed E-state index contributed by atoms with van der Waals surface area (Å²) in [4.78, 5) is 16.6. The van der Waals surface area contributed by atoms with Crippen molar-refractivity contribution in [1.82, 2.24) is 4.98 Å². The van der Waals surface area contributed by atoms with Gasteiger partial charge in [0.25, 0.3) is 5.91 Å². The summed E-state index contributed by atoms with van der Waals surface area (Å²) in [5, 5.41) is 5.67. The number of amides is 1. The van der Waals surface area contributed by atoms with Crippen LogP contribution in [0.15, 0.2) is 34.8 Å². The first kappa shape index (κ1) is 15.4. The van der Waals surface area contributed by atoms with Crippen LogP contribution in [0, 0.1) is 5.82 Å². The van der Waals surface area contributed by atoms with Crippen molar-refractivity contribution in [3.63, 3.8) is 0 Å². The van der Waals surface area contributed by atoms with Crippen LogP contribution in [0.3, 0.4) is 0 Å². The molecule has 1 heterocycles. The van der Waals surface area contributed by atoms with Crippen LogP contribution in [-0.4, -0.2) is 17.9 Å². The molecule has 0 unspecified atom stereocenters. The van der Waals surface area contributed by atoms with Gasteiger partial charge in [-0.2, -0.15) is 0 Å². The summed E-state index contributed by atoms with van der Waals surface area (Å²) in [6.45, 7) is 1.97. The Morgan fingerprint density at radius 1 is 1.33 bits per heavy atom. The number of carbonyl (C=O) groups is 1. The summed E-state index contributed by atoms with van der Waals surface area (Å²) in [6, 6.07) is 7.75. The first-order chi connectivity index (χ1) is 10.0. The van der Waals surface area contributed by atoms with Crippen LogP contribution >= 0.6 is 15.9 Å². The Morgan fingerprint density at radius 2 is 2.10 bits per heavy atom. The van der Waals surface area contributed by atoms with E-state index in [4.69, 9.17) is 0 Å². The molecule has 0 fully saturated rings. The fourth-order valence-electron chi connectivity index (χ4n) is 1.81. The second-order valence-electron chi connectivity index (χ2n) is 4.42. The van der Waals surface area contributed by atoms with Gasteiger partial charge in [-0.1, -0.05) is 6.92 Å². The van der Waals surface area contributed by atoms with Crippen LogP contribution in [0.1, 0.15) is 23.0 Å². The van der Waals surface area contributed by atoms with Crippen molar-refractivity contribution in [1.29, 1.82) is 0 Å². The van der Waals surface area contributed by atoms with Gasteiger partial charge in [-0.05, 0) is 52.7 Å². The van der Waals surface area contributed by atoms with E-state index in [-0.39, 0.29) is 11.7 Å². The molecular formula is C15H15BrFN3O. The molecule has 110 valence electrons. The molecule has 0 aliphatic carbocycles. The fraction of sp³-hybridized carbons (Fsp3) is 0.200. The van der Waals surface area contributed by atoms with Gasteiger partial charge in [0.05, 0.1) is 4.47 Å².